The number of esters is 1. The van der Waals surface area contributed by atoms with Crippen molar-refractivity contribution in [3.05, 3.63) is 0 Å². The highest BCUT2D eigenvalue weighted by atomic mass is 16.5. The molecule has 0 saturated carbocycles. The number of carbonyl (C=O) groups is 1. The summed E-state index contributed by atoms with van der Waals surface area (Å²) < 4.78 is 4.44. The summed E-state index contributed by atoms with van der Waals surface area (Å²) in [6.07, 6.45) is 3.20. The third-order valence-electron chi connectivity index (χ3n) is 2.01. The van der Waals surface area contributed by atoms with Crippen LogP contribution in [0.3, 0.4) is 0 Å². The number of aliphatic imine (C=N–C) groups is 1. The van der Waals surface area contributed by atoms with Crippen molar-refractivity contribution in [1.82, 2.24) is 0 Å². The Morgan fingerprint density at radius 2 is 2.21 bits per heavy atom. The number of rotatable bonds is 6. The molecule has 4 heteroatoms. The van der Waals surface area contributed by atoms with Gasteiger partial charge in [0.25, 0.3) is 0 Å². The molecule has 0 aromatic carbocycles. The van der Waals surface area contributed by atoms with E-state index in [4.69, 9.17) is 5.11 Å². The molecule has 14 heavy (non-hydrogen) atoms. The molecule has 0 atom stereocenters. The molecule has 0 spiro atoms. The Kier molecular flexibility index (Phi) is 6.12. The minimum atomic E-state index is -0.332. The second-order valence-corrected chi connectivity index (χ2v) is 3.94. The summed E-state index contributed by atoms with van der Waals surface area (Å²) in [6.45, 7) is 4.35. The second-order valence-electron chi connectivity index (χ2n) is 3.94. The fourth-order valence-electron chi connectivity index (χ4n) is 0.920. The number of hydrogen-bond acceptors (Lipinski definition) is 4. The molecular formula is C10H19NO3. The van der Waals surface area contributed by atoms with E-state index >= 15 is 0 Å². The lowest BCUT2D eigenvalue weighted by Gasteiger charge is -2.20. The monoisotopic (exact) mass is 201 g/mol. The molecule has 0 aromatic rings. The molecule has 0 aliphatic rings. The zero-order valence-electron chi connectivity index (χ0n) is 9.12. The number of hydrogen-bond donors (Lipinski definition) is 1. The van der Waals surface area contributed by atoms with Crippen molar-refractivity contribution in [1.29, 1.82) is 0 Å². The second kappa shape index (κ2) is 6.54. The van der Waals surface area contributed by atoms with Crippen molar-refractivity contribution < 1.29 is 14.6 Å². The summed E-state index contributed by atoms with van der Waals surface area (Å²) in [4.78, 5) is 14.6. The Bertz CT molecular complexity index is 200. The highest BCUT2D eigenvalue weighted by Crippen LogP contribution is 2.22. The van der Waals surface area contributed by atoms with Crippen LogP contribution in [0.15, 0.2) is 4.99 Å². The van der Waals surface area contributed by atoms with Crippen molar-refractivity contribution in [2.24, 2.45) is 10.4 Å². The zero-order valence-corrected chi connectivity index (χ0v) is 9.12. The predicted octanol–water partition coefficient (Wildman–Crippen LogP) is 1.03. The fraction of sp³-hybridized carbons (Fsp3) is 0.800. The topological polar surface area (TPSA) is 58.9 Å². The smallest absolute Gasteiger partial charge is 0.327 e. The Balaban J connectivity index is 3.75. The van der Waals surface area contributed by atoms with E-state index in [0.717, 1.165) is 12.8 Å². The maximum absolute atomic E-state index is 10.7. The molecule has 0 bridgehead atoms. The number of nitrogens with zero attached hydrogens (tertiary/aromatic N) is 1. The van der Waals surface area contributed by atoms with Gasteiger partial charge in [-0.05, 0) is 24.5 Å². The third kappa shape index (κ3) is 6.60. The lowest BCUT2D eigenvalue weighted by Crippen LogP contribution is -2.14. The maximum Gasteiger partial charge on any atom is 0.327 e. The lowest BCUT2D eigenvalue weighted by molar-refractivity contribution is -0.138. The van der Waals surface area contributed by atoms with Gasteiger partial charge in [-0.15, -0.1) is 0 Å². The van der Waals surface area contributed by atoms with Crippen molar-refractivity contribution in [3.8, 4) is 0 Å². The van der Waals surface area contributed by atoms with E-state index in [2.05, 4.69) is 9.73 Å². The lowest BCUT2D eigenvalue weighted by atomic mass is 9.87. The molecule has 0 rings (SSSR count). The van der Waals surface area contributed by atoms with Crippen LogP contribution in [0.4, 0.5) is 0 Å². The summed E-state index contributed by atoms with van der Waals surface area (Å²) in [7, 11) is 1.34. The third-order valence-corrected chi connectivity index (χ3v) is 2.01. The minimum absolute atomic E-state index is 0.0361. The number of carbonyl (C=O) groups excluding carboxylic acids is 1. The molecule has 82 valence electrons. The van der Waals surface area contributed by atoms with Gasteiger partial charge in [-0.3, -0.25) is 9.79 Å². The van der Waals surface area contributed by atoms with E-state index in [-0.39, 0.29) is 24.5 Å². The highest BCUT2D eigenvalue weighted by molar-refractivity contribution is 5.73. The predicted molar refractivity (Wildman–Crippen MR) is 55.5 cm³/mol. The number of aliphatic hydroxyl groups is 1. The Morgan fingerprint density at radius 1 is 1.57 bits per heavy atom. The Labute approximate surface area is 85.0 Å². The largest absolute Gasteiger partial charge is 0.468 e. The van der Waals surface area contributed by atoms with Crippen molar-refractivity contribution in [2.75, 3.05) is 20.3 Å². The van der Waals surface area contributed by atoms with E-state index in [0.29, 0.717) is 0 Å². The first-order valence-electron chi connectivity index (χ1n) is 4.68. The van der Waals surface area contributed by atoms with Gasteiger partial charge < -0.3 is 9.84 Å². The van der Waals surface area contributed by atoms with Crippen LogP contribution in [0.1, 0.15) is 26.7 Å². The molecule has 0 aliphatic carbocycles. The summed E-state index contributed by atoms with van der Waals surface area (Å²) in [5, 5.41) is 8.77. The molecule has 0 saturated heterocycles. The van der Waals surface area contributed by atoms with Gasteiger partial charge in [0.1, 0.15) is 6.54 Å². The SMILES string of the molecule is COC(=O)CN=CCC(C)(C)CCO. The van der Waals surface area contributed by atoms with Gasteiger partial charge in [0, 0.05) is 6.61 Å². The standard InChI is InChI=1S/C10H19NO3/c1-10(2,5-7-12)4-6-11-8-9(13)14-3/h6,12H,4-5,7-8H2,1-3H3. The van der Waals surface area contributed by atoms with Gasteiger partial charge in [0.2, 0.25) is 0 Å². The van der Waals surface area contributed by atoms with Gasteiger partial charge in [-0.25, -0.2) is 0 Å². The molecule has 0 radical (unpaired) electrons. The van der Waals surface area contributed by atoms with Crippen molar-refractivity contribution >= 4 is 12.2 Å². The van der Waals surface area contributed by atoms with E-state index in [1.165, 1.54) is 7.11 Å². The molecular weight excluding hydrogens is 182 g/mol. The van der Waals surface area contributed by atoms with Crippen LogP contribution in [-0.4, -0.2) is 37.6 Å². The zero-order chi connectivity index (χ0) is 11.0. The molecule has 0 amide bonds. The number of methoxy groups -OCH3 is 1. The van der Waals surface area contributed by atoms with Crippen LogP contribution in [0.2, 0.25) is 0 Å². The molecule has 0 heterocycles. The van der Waals surface area contributed by atoms with E-state index in [9.17, 15) is 4.79 Å². The van der Waals surface area contributed by atoms with E-state index in [1.54, 1.807) is 6.21 Å². The molecule has 0 aliphatic heterocycles. The van der Waals surface area contributed by atoms with Crippen LogP contribution in [0, 0.1) is 5.41 Å². The van der Waals surface area contributed by atoms with Crippen molar-refractivity contribution in [3.63, 3.8) is 0 Å². The molecule has 0 unspecified atom stereocenters. The Hall–Kier alpha value is -0.900. The molecule has 0 aromatic heterocycles. The first-order chi connectivity index (χ1) is 6.52. The van der Waals surface area contributed by atoms with Crippen molar-refractivity contribution in [2.45, 2.75) is 26.7 Å². The fourth-order valence-corrected chi connectivity index (χ4v) is 0.920. The number of ether oxygens (including phenoxy) is 1. The minimum Gasteiger partial charge on any atom is -0.468 e. The van der Waals surface area contributed by atoms with Gasteiger partial charge in [0.15, 0.2) is 0 Å². The van der Waals surface area contributed by atoms with Gasteiger partial charge in [0.05, 0.1) is 7.11 Å². The number of aliphatic hydroxyl groups excluding tert-OH is 1. The first kappa shape index (κ1) is 13.1. The quantitative estimate of drug-likeness (QED) is 0.515. The summed E-state index contributed by atoms with van der Waals surface area (Å²) >= 11 is 0. The van der Waals surface area contributed by atoms with Gasteiger partial charge in [-0.1, -0.05) is 13.8 Å². The van der Waals surface area contributed by atoms with Crippen LogP contribution in [0.25, 0.3) is 0 Å². The Morgan fingerprint density at radius 3 is 2.71 bits per heavy atom. The van der Waals surface area contributed by atoms with E-state index < -0.39 is 0 Å². The highest BCUT2D eigenvalue weighted by Gasteiger charge is 2.15. The van der Waals surface area contributed by atoms with Crippen LogP contribution >= 0.6 is 0 Å². The average Bonchev–Trinajstić information content (AvgIpc) is 2.12. The molecule has 1 N–H and O–H groups in total. The van der Waals surface area contributed by atoms with Crippen LogP contribution in [0.5, 0.6) is 0 Å². The maximum atomic E-state index is 10.7. The summed E-state index contributed by atoms with van der Waals surface area (Å²) in [5.74, 6) is -0.332. The first-order valence-corrected chi connectivity index (χ1v) is 4.68. The van der Waals surface area contributed by atoms with Crippen LogP contribution < -0.4 is 0 Å². The van der Waals surface area contributed by atoms with Crippen LogP contribution in [-0.2, 0) is 9.53 Å². The molecule has 0 fully saturated rings. The summed E-state index contributed by atoms with van der Waals surface area (Å²) in [6, 6.07) is 0. The molecule has 4 nitrogen and oxygen atoms in total. The van der Waals surface area contributed by atoms with E-state index in [1.807, 2.05) is 13.8 Å². The average molecular weight is 201 g/mol. The normalized spacial score (nSPS) is 12.0. The summed E-state index contributed by atoms with van der Waals surface area (Å²) in [5.41, 5.74) is 0.0361. The van der Waals surface area contributed by atoms with Gasteiger partial charge in [-0.2, -0.15) is 0 Å². The van der Waals surface area contributed by atoms with Gasteiger partial charge >= 0.3 is 5.97 Å².